The topological polar surface area (TPSA) is 127 Å². The van der Waals surface area contributed by atoms with Crippen LogP contribution < -0.4 is 15.4 Å². The largest absolute Gasteiger partial charge is 0.504 e. The first kappa shape index (κ1) is 21.6. The number of phenolic OH excluding ortho intramolecular Hbond substituents is 1. The Hall–Kier alpha value is -4.14. The van der Waals surface area contributed by atoms with Gasteiger partial charge in [-0.2, -0.15) is 0 Å². The maximum absolute atomic E-state index is 12.5. The van der Waals surface area contributed by atoms with Crippen LogP contribution in [-0.4, -0.2) is 28.0 Å². The molecule has 1 unspecified atom stereocenters. The fourth-order valence-corrected chi connectivity index (χ4v) is 3.00. The number of aromatic nitrogens is 1. The number of nitro groups is 1. The molecule has 0 saturated heterocycles. The van der Waals surface area contributed by atoms with Crippen LogP contribution in [0.2, 0.25) is 0 Å². The summed E-state index contributed by atoms with van der Waals surface area (Å²) < 4.78 is 5.05. The Labute approximate surface area is 178 Å². The zero-order chi connectivity index (χ0) is 22.4. The van der Waals surface area contributed by atoms with Crippen molar-refractivity contribution < 1.29 is 19.6 Å². The molecule has 1 amide bonds. The van der Waals surface area contributed by atoms with E-state index in [9.17, 15) is 20.0 Å². The molecule has 0 fully saturated rings. The lowest BCUT2D eigenvalue weighted by Crippen LogP contribution is -2.23. The van der Waals surface area contributed by atoms with Crippen molar-refractivity contribution in [3.63, 3.8) is 0 Å². The number of hydrogen-bond acceptors (Lipinski definition) is 7. The normalized spacial score (nSPS) is 11.4. The number of rotatable bonds is 8. The van der Waals surface area contributed by atoms with Crippen molar-refractivity contribution in [3.05, 3.63) is 87.7 Å². The molecule has 0 aliphatic heterocycles. The maximum Gasteiger partial charge on any atom is 0.293 e. The summed E-state index contributed by atoms with van der Waals surface area (Å²) >= 11 is 0. The first-order valence-corrected chi connectivity index (χ1v) is 9.49. The Bertz CT molecular complexity index is 1090. The highest BCUT2D eigenvalue weighted by Gasteiger charge is 2.19. The molecule has 0 spiro atoms. The van der Waals surface area contributed by atoms with Crippen LogP contribution in [0.4, 0.5) is 11.4 Å². The van der Waals surface area contributed by atoms with Gasteiger partial charge in [0, 0.05) is 24.4 Å². The molecule has 0 saturated carbocycles. The van der Waals surface area contributed by atoms with Gasteiger partial charge in [-0.1, -0.05) is 12.1 Å². The van der Waals surface area contributed by atoms with Gasteiger partial charge in [-0.3, -0.25) is 19.9 Å². The highest BCUT2D eigenvalue weighted by atomic mass is 16.6. The van der Waals surface area contributed by atoms with E-state index in [4.69, 9.17) is 4.74 Å². The number of aromatic hydroxyl groups is 1. The van der Waals surface area contributed by atoms with Crippen molar-refractivity contribution in [2.24, 2.45) is 0 Å². The van der Waals surface area contributed by atoms with Gasteiger partial charge in [0.25, 0.3) is 11.6 Å². The lowest BCUT2D eigenvalue weighted by atomic mass is 10.1. The van der Waals surface area contributed by atoms with Crippen LogP contribution in [-0.2, 0) is 6.54 Å². The molecule has 3 aromatic rings. The molecule has 2 aromatic carbocycles. The second-order valence-corrected chi connectivity index (χ2v) is 6.80. The molecule has 0 aliphatic rings. The molecule has 1 aromatic heterocycles. The molecule has 160 valence electrons. The summed E-state index contributed by atoms with van der Waals surface area (Å²) in [6, 6.07) is 14.2. The fourth-order valence-electron chi connectivity index (χ4n) is 3.00. The van der Waals surface area contributed by atoms with Gasteiger partial charge in [0.05, 0.1) is 23.8 Å². The number of methoxy groups -OCH3 is 1. The summed E-state index contributed by atoms with van der Waals surface area (Å²) in [6.07, 6.45) is 1.65. The van der Waals surface area contributed by atoms with Gasteiger partial charge in [-0.25, -0.2) is 0 Å². The zero-order valence-electron chi connectivity index (χ0n) is 17.0. The van der Waals surface area contributed by atoms with Crippen LogP contribution in [0.5, 0.6) is 11.5 Å². The van der Waals surface area contributed by atoms with E-state index in [1.807, 2.05) is 19.1 Å². The number of carbonyl (C=O) groups is 1. The Kier molecular flexibility index (Phi) is 6.66. The average molecular weight is 422 g/mol. The lowest BCUT2D eigenvalue weighted by Gasteiger charge is -2.15. The second-order valence-electron chi connectivity index (χ2n) is 6.80. The quantitative estimate of drug-likeness (QED) is 0.372. The van der Waals surface area contributed by atoms with Crippen LogP contribution in [0.3, 0.4) is 0 Å². The monoisotopic (exact) mass is 422 g/mol. The first-order chi connectivity index (χ1) is 14.9. The number of hydrogen-bond donors (Lipinski definition) is 3. The van der Waals surface area contributed by atoms with Crippen LogP contribution >= 0.6 is 0 Å². The predicted octanol–water partition coefficient (Wildman–Crippen LogP) is 3.81. The van der Waals surface area contributed by atoms with E-state index in [2.05, 4.69) is 15.6 Å². The van der Waals surface area contributed by atoms with Gasteiger partial charge in [0.2, 0.25) is 0 Å². The van der Waals surface area contributed by atoms with Crippen molar-refractivity contribution in [2.75, 3.05) is 12.4 Å². The average Bonchev–Trinajstić information content (AvgIpc) is 2.78. The molecule has 0 aliphatic carbocycles. The number of nitro benzene ring substituents is 1. The van der Waals surface area contributed by atoms with E-state index in [0.29, 0.717) is 17.0 Å². The van der Waals surface area contributed by atoms with E-state index in [1.165, 1.54) is 31.4 Å². The number of anilines is 1. The number of nitrogens with zero attached hydrogens (tertiary/aromatic N) is 2. The number of phenols is 1. The van der Waals surface area contributed by atoms with Crippen LogP contribution in [0.15, 0.2) is 60.8 Å². The van der Waals surface area contributed by atoms with E-state index >= 15 is 0 Å². The molecule has 0 bridgehead atoms. The molecule has 31 heavy (non-hydrogen) atoms. The number of carbonyl (C=O) groups excluding carboxylic acids is 1. The van der Waals surface area contributed by atoms with E-state index in [-0.39, 0.29) is 29.6 Å². The highest BCUT2D eigenvalue weighted by Crippen LogP contribution is 2.29. The molecule has 3 rings (SSSR count). The first-order valence-electron chi connectivity index (χ1n) is 9.49. The van der Waals surface area contributed by atoms with Crippen LogP contribution in [0.1, 0.15) is 34.6 Å². The number of pyridine rings is 1. The molecule has 9 heteroatoms. The van der Waals surface area contributed by atoms with E-state index < -0.39 is 10.8 Å². The molecule has 0 radical (unpaired) electrons. The van der Waals surface area contributed by atoms with Crippen molar-refractivity contribution in [3.8, 4) is 11.5 Å². The third-order valence-corrected chi connectivity index (χ3v) is 4.66. The molecule has 1 atom stereocenters. The molecule has 1 heterocycles. The third kappa shape index (κ3) is 5.27. The van der Waals surface area contributed by atoms with Crippen molar-refractivity contribution in [1.82, 2.24) is 10.3 Å². The summed E-state index contributed by atoms with van der Waals surface area (Å²) in [6.45, 7) is 2.01. The Balaban J connectivity index is 1.74. The van der Waals surface area contributed by atoms with Crippen molar-refractivity contribution in [2.45, 2.75) is 19.5 Å². The summed E-state index contributed by atoms with van der Waals surface area (Å²) in [5, 5.41) is 27.0. The Morgan fingerprint density at radius 3 is 2.71 bits per heavy atom. The number of nitrogens with one attached hydrogen (secondary N) is 2. The smallest absolute Gasteiger partial charge is 0.293 e. The summed E-state index contributed by atoms with van der Waals surface area (Å²) in [7, 11) is 1.43. The molecular weight excluding hydrogens is 400 g/mol. The van der Waals surface area contributed by atoms with Gasteiger partial charge >= 0.3 is 0 Å². The van der Waals surface area contributed by atoms with Gasteiger partial charge in [-0.05, 0) is 48.9 Å². The van der Waals surface area contributed by atoms with Crippen LogP contribution in [0.25, 0.3) is 0 Å². The molecule has 9 nitrogen and oxygen atoms in total. The van der Waals surface area contributed by atoms with Gasteiger partial charge in [-0.15, -0.1) is 0 Å². The molecule has 3 N–H and O–H groups in total. The van der Waals surface area contributed by atoms with Crippen molar-refractivity contribution in [1.29, 1.82) is 0 Å². The molecular formula is C22H22N4O5. The lowest BCUT2D eigenvalue weighted by molar-refractivity contribution is -0.384. The van der Waals surface area contributed by atoms with E-state index in [0.717, 1.165) is 5.69 Å². The van der Waals surface area contributed by atoms with Gasteiger partial charge < -0.3 is 20.5 Å². The SMILES string of the molecule is COc1cc(CNC(=O)c2ccc(NC(C)c3ccccn3)c([N+](=O)[O-])c2)ccc1O. The highest BCUT2D eigenvalue weighted by molar-refractivity contribution is 5.95. The minimum atomic E-state index is -0.533. The van der Waals surface area contributed by atoms with Gasteiger partial charge in [0.15, 0.2) is 11.5 Å². The zero-order valence-corrected chi connectivity index (χ0v) is 17.0. The third-order valence-electron chi connectivity index (χ3n) is 4.66. The maximum atomic E-state index is 12.5. The van der Waals surface area contributed by atoms with Crippen molar-refractivity contribution >= 4 is 17.3 Å². The van der Waals surface area contributed by atoms with E-state index in [1.54, 1.807) is 24.4 Å². The Morgan fingerprint density at radius 1 is 1.23 bits per heavy atom. The number of benzene rings is 2. The van der Waals surface area contributed by atoms with Gasteiger partial charge in [0.1, 0.15) is 5.69 Å². The summed E-state index contributed by atoms with van der Waals surface area (Å²) in [5.41, 5.74) is 1.70. The number of ether oxygens (including phenoxy) is 1. The predicted molar refractivity (Wildman–Crippen MR) is 115 cm³/mol. The fraction of sp³-hybridized carbons (Fsp3) is 0.182. The Morgan fingerprint density at radius 2 is 2.03 bits per heavy atom. The minimum absolute atomic E-state index is 0.00350. The minimum Gasteiger partial charge on any atom is -0.504 e. The van der Waals surface area contributed by atoms with Crippen LogP contribution in [0, 0.1) is 10.1 Å². The second kappa shape index (κ2) is 9.57. The number of amides is 1. The summed E-state index contributed by atoms with van der Waals surface area (Å²) in [5.74, 6) is -0.171. The standard InChI is InChI=1S/C22H22N4O5/c1-14(17-5-3-4-10-23-17)25-18-8-7-16(12-19(18)26(29)30)22(28)24-13-15-6-9-20(27)21(11-15)31-2/h3-12,14,25,27H,13H2,1-2H3,(H,24,28). The summed E-state index contributed by atoms with van der Waals surface area (Å²) in [4.78, 5) is 27.8.